The van der Waals surface area contributed by atoms with E-state index in [0.29, 0.717) is 0 Å². The van der Waals surface area contributed by atoms with Crippen molar-refractivity contribution in [3.05, 3.63) is 0 Å². The molecule has 0 aliphatic heterocycles. The zero-order chi connectivity index (χ0) is 9.72. The predicted molar refractivity (Wildman–Crippen MR) is 45.3 cm³/mol. The zero-order valence-corrected chi connectivity index (χ0v) is 7.55. The summed E-state index contributed by atoms with van der Waals surface area (Å²) in [6.45, 7) is 3.16. The van der Waals surface area contributed by atoms with Gasteiger partial charge in [-0.15, -0.1) is 0 Å². The van der Waals surface area contributed by atoms with Crippen LogP contribution in [0.1, 0.15) is 13.8 Å². The monoisotopic (exact) mass is 173 g/mol. The largest absolute Gasteiger partial charge is 0.357 e. The zero-order valence-electron chi connectivity index (χ0n) is 7.55. The number of hydrogen-bond acceptors (Lipinski definition) is 3. The van der Waals surface area contributed by atoms with Gasteiger partial charge in [0, 0.05) is 7.05 Å². The molecule has 2 atom stereocenters. The molecule has 70 valence electrons. The van der Waals surface area contributed by atoms with E-state index >= 15 is 0 Å². The number of carbonyl (C=O) groups excluding carboxylic acids is 2. The third-order valence-corrected chi connectivity index (χ3v) is 1.41. The maximum atomic E-state index is 11.0. The van der Waals surface area contributed by atoms with Crippen molar-refractivity contribution in [2.24, 2.45) is 5.73 Å². The number of carbonyl (C=O) groups is 2. The Morgan fingerprint density at radius 2 is 1.75 bits per heavy atom. The van der Waals surface area contributed by atoms with E-state index in [0.717, 1.165) is 0 Å². The Morgan fingerprint density at radius 1 is 1.25 bits per heavy atom. The lowest BCUT2D eigenvalue weighted by atomic mass is 10.2. The first-order valence-electron chi connectivity index (χ1n) is 3.76. The van der Waals surface area contributed by atoms with E-state index in [1.807, 2.05) is 0 Å². The van der Waals surface area contributed by atoms with Gasteiger partial charge in [-0.2, -0.15) is 0 Å². The Labute approximate surface area is 71.7 Å². The number of rotatable bonds is 3. The first-order chi connectivity index (χ1) is 5.49. The summed E-state index contributed by atoms with van der Waals surface area (Å²) in [6.07, 6.45) is 0. The molecule has 0 radical (unpaired) electrons. The van der Waals surface area contributed by atoms with E-state index < -0.39 is 12.1 Å². The van der Waals surface area contributed by atoms with Gasteiger partial charge in [0.15, 0.2) is 0 Å². The van der Waals surface area contributed by atoms with E-state index in [1.54, 1.807) is 13.8 Å². The number of nitrogens with one attached hydrogen (secondary N) is 2. The molecule has 0 spiro atoms. The van der Waals surface area contributed by atoms with Crippen LogP contribution in [0.25, 0.3) is 0 Å². The second-order valence-corrected chi connectivity index (χ2v) is 2.63. The molecule has 2 amide bonds. The van der Waals surface area contributed by atoms with Crippen molar-refractivity contribution in [1.29, 1.82) is 0 Å². The Kier molecular flexibility index (Phi) is 4.28. The highest BCUT2D eigenvalue weighted by atomic mass is 16.2. The Morgan fingerprint density at radius 3 is 2.08 bits per heavy atom. The lowest BCUT2D eigenvalue weighted by Crippen LogP contribution is -2.48. The van der Waals surface area contributed by atoms with Crippen LogP contribution in [0.5, 0.6) is 0 Å². The van der Waals surface area contributed by atoms with E-state index in [-0.39, 0.29) is 11.8 Å². The second kappa shape index (κ2) is 4.71. The van der Waals surface area contributed by atoms with Crippen LogP contribution < -0.4 is 16.4 Å². The molecule has 0 aromatic heterocycles. The molecule has 0 aromatic rings. The molecule has 0 saturated heterocycles. The molecule has 0 aliphatic carbocycles. The SMILES string of the molecule is CNC(=O)[C@H](C)NC(=O)[C@H](C)N. The summed E-state index contributed by atoms with van der Waals surface area (Å²) in [7, 11) is 1.51. The molecule has 0 saturated carbocycles. The number of hydrogen-bond donors (Lipinski definition) is 3. The van der Waals surface area contributed by atoms with Gasteiger partial charge in [0.1, 0.15) is 6.04 Å². The summed E-state index contributed by atoms with van der Waals surface area (Å²) in [5.74, 6) is -0.560. The average molecular weight is 173 g/mol. The molecular formula is C7H15N3O2. The lowest BCUT2D eigenvalue weighted by molar-refractivity contribution is -0.128. The van der Waals surface area contributed by atoms with Gasteiger partial charge in [-0.25, -0.2) is 0 Å². The molecule has 0 unspecified atom stereocenters. The Bertz CT molecular complexity index is 179. The average Bonchev–Trinajstić information content (AvgIpc) is 2.02. The molecule has 0 bridgehead atoms. The van der Waals surface area contributed by atoms with E-state index in [2.05, 4.69) is 10.6 Å². The van der Waals surface area contributed by atoms with Crippen LogP contribution in [0.4, 0.5) is 0 Å². The van der Waals surface area contributed by atoms with Crippen LogP contribution in [-0.4, -0.2) is 30.9 Å². The lowest BCUT2D eigenvalue weighted by Gasteiger charge is -2.13. The van der Waals surface area contributed by atoms with Crippen molar-refractivity contribution in [1.82, 2.24) is 10.6 Å². The standard InChI is InChI=1S/C7H15N3O2/c1-4(8)6(11)10-5(2)7(12)9-3/h4-5H,8H2,1-3H3,(H,9,12)(H,10,11)/t4-,5-/m0/s1. The highest BCUT2D eigenvalue weighted by Crippen LogP contribution is 1.83. The van der Waals surface area contributed by atoms with Gasteiger partial charge in [-0.1, -0.05) is 0 Å². The van der Waals surface area contributed by atoms with Crippen LogP contribution in [0.3, 0.4) is 0 Å². The van der Waals surface area contributed by atoms with Crippen molar-refractivity contribution in [3.8, 4) is 0 Å². The summed E-state index contributed by atoms with van der Waals surface area (Å²) in [6, 6.07) is -1.12. The predicted octanol–water partition coefficient (Wildman–Crippen LogP) is -1.42. The molecule has 0 aliphatic rings. The van der Waals surface area contributed by atoms with Gasteiger partial charge in [0.25, 0.3) is 0 Å². The van der Waals surface area contributed by atoms with Crippen molar-refractivity contribution in [2.45, 2.75) is 25.9 Å². The fraction of sp³-hybridized carbons (Fsp3) is 0.714. The fourth-order valence-electron chi connectivity index (χ4n) is 0.627. The summed E-state index contributed by atoms with van der Waals surface area (Å²) in [4.78, 5) is 21.9. The smallest absolute Gasteiger partial charge is 0.242 e. The topological polar surface area (TPSA) is 84.2 Å². The molecular weight excluding hydrogens is 158 g/mol. The molecule has 0 aromatic carbocycles. The molecule has 4 N–H and O–H groups in total. The summed E-state index contributed by atoms with van der Waals surface area (Å²) in [5, 5.41) is 4.87. The normalized spacial score (nSPS) is 14.7. The van der Waals surface area contributed by atoms with Gasteiger partial charge < -0.3 is 16.4 Å². The van der Waals surface area contributed by atoms with Crippen LogP contribution in [-0.2, 0) is 9.59 Å². The first kappa shape index (κ1) is 10.9. The minimum atomic E-state index is -0.586. The molecule has 5 nitrogen and oxygen atoms in total. The molecule has 0 heterocycles. The van der Waals surface area contributed by atoms with Crippen LogP contribution in [0.2, 0.25) is 0 Å². The quantitative estimate of drug-likeness (QED) is 0.490. The molecule has 0 fully saturated rings. The number of likely N-dealkylation sites (N-methyl/N-ethyl adjacent to an activating group) is 1. The minimum absolute atomic E-state index is 0.232. The minimum Gasteiger partial charge on any atom is -0.357 e. The second-order valence-electron chi connectivity index (χ2n) is 2.63. The van der Waals surface area contributed by atoms with Gasteiger partial charge >= 0.3 is 0 Å². The van der Waals surface area contributed by atoms with Crippen molar-refractivity contribution in [3.63, 3.8) is 0 Å². The third-order valence-electron chi connectivity index (χ3n) is 1.41. The van der Waals surface area contributed by atoms with Crippen LogP contribution in [0.15, 0.2) is 0 Å². The van der Waals surface area contributed by atoms with Crippen LogP contribution in [0, 0.1) is 0 Å². The van der Waals surface area contributed by atoms with Gasteiger partial charge in [-0.3, -0.25) is 9.59 Å². The fourth-order valence-corrected chi connectivity index (χ4v) is 0.627. The Hall–Kier alpha value is -1.10. The third kappa shape index (κ3) is 3.34. The summed E-state index contributed by atoms with van der Waals surface area (Å²) >= 11 is 0. The van der Waals surface area contributed by atoms with Gasteiger partial charge in [0.05, 0.1) is 6.04 Å². The van der Waals surface area contributed by atoms with E-state index in [1.165, 1.54) is 7.05 Å². The van der Waals surface area contributed by atoms with Gasteiger partial charge in [-0.05, 0) is 13.8 Å². The number of amides is 2. The van der Waals surface area contributed by atoms with E-state index in [4.69, 9.17) is 5.73 Å². The van der Waals surface area contributed by atoms with Crippen molar-refractivity contribution < 1.29 is 9.59 Å². The molecule has 0 rings (SSSR count). The number of nitrogens with two attached hydrogens (primary N) is 1. The van der Waals surface area contributed by atoms with Crippen LogP contribution >= 0.6 is 0 Å². The highest BCUT2D eigenvalue weighted by molar-refractivity contribution is 5.88. The first-order valence-corrected chi connectivity index (χ1v) is 3.76. The van der Waals surface area contributed by atoms with Gasteiger partial charge in [0.2, 0.25) is 11.8 Å². The highest BCUT2D eigenvalue weighted by Gasteiger charge is 2.15. The molecule has 5 heteroatoms. The van der Waals surface area contributed by atoms with Crippen molar-refractivity contribution in [2.75, 3.05) is 7.05 Å². The van der Waals surface area contributed by atoms with Crippen molar-refractivity contribution >= 4 is 11.8 Å². The Balaban J connectivity index is 3.92. The summed E-state index contributed by atoms with van der Waals surface area (Å²) < 4.78 is 0. The van der Waals surface area contributed by atoms with E-state index in [9.17, 15) is 9.59 Å². The maximum Gasteiger partial charge on any atom is 0.242 e. The maximum absolute atomic E-state index is 11.0. The summed E-state index contributed by atoms with van der Waals surface area (Å²) in [5.41, 5.74) is 5.28. The molecule has 12 heavy (non-hydrogen) atoms.